The summed E-state index contributed by atoms with van der Waals surface area (Å²) in [7, 11) is 0. The number of nitrogens with two attached hydrogens (primary N) is 1. The van der Waals surface area contributed by atoms with Crippen LogP contribution in [0.2, 0.25) is 0 Å². The minimum absolute atomic E-state index is 0.00657. The molecule has 0 unspecified atom stereocenters. The van der Waals surface area contributed by atoms with Crippen LogP contribution < -0.4 is 11.1 Å². The van der Waals surface area contributed by atoms with Crippen LogP contribution in [0.1, 0.15) is 149 Å². The zero-order valence-electron chi connectivity index (χ0n) is 25.0. The van der Waals surface area contributed by atoms with Gasteiger partial charge in [0.05, 0.1) is 6.42 Å². The monoisotopic (exact) mass is 532 g/mol. The molecular formula is C33H60N2O3. The summed E-state index contributed by atoms with van der Waals surface area (Å²) in [6, 6.07) is -0.247. The van der Waals surface area contributed by atoms with Gasteiger partial charge in [0.2, 0.25) is 5.91 Å². The summed E-state index contributed by atoms with van der Waals surface area (Å²) >= 11 is 0. The van der Waals surface area contributed by atoms with Crippen LogP contribution in [0.5, 0.6) is 0 Å². The Labute approximate surface area is 234 Å². The van der Waals surface area contributed by atoms with Crippen molar-refractivity contribution in [2.75, 3.05) is 0 Å². The largest absolute Gasteiger partial charge is 0.481 e. The predicted octanol–water partition coefficient (Wildman–Crippen LogP) is 8.16. The van der Waals surface area contributed by atoms with Crippen molar-refractivity contribution >= 4 is 11.9 Å². The van der Waals surface area contributed by atoms with Gasteiger partial charge in [0.15, 0.2) is 0 Å². The molecule has 4 aliphatic carbocycles. The number of carboxylic acids is 1. The van der Waals surface area contributed by atoms with Gasteiger partial charge >= 0.3 is 5.97 Å². The summed E-state index contributed by atoms with van der Waals surface area (Å²) in [6.07, 6.45) is 27.7. The van der Waals surface area contributed by atoms with Crippen LogP contribution in [0.25, 0.3) is 0 Å². The lowest BCUT2D eigenvalue weighted by Gasteiger charge is -2.55. The number of aliphatic carboxylic acids is 1. The second-order valence-electron chi connectivity index (χ2n) is 13.4. The summed E-state index contributed by atoms with van der Waals surface area (Å²) in [5.41, 5.74) is 6.62. The van der Waals surface area contributed by atoms with E-state index in [1.165, 1.54) is 96.3 Å². The molecule has 5 nitrogen and oxygen atoms in total. The highest BCUT2D eigenvalue weighted by molar-refractivity contribution is 5.77. The number of amides is 1. The molecule has 4 saturated carbocycles. The molecule has 4 N–H and O–H groups in total. The summed E-state index contributed by atoms with van der Waals surface area (Å²) in [6.45, 7) is 6.33. The highest BCUT2D eigenvalue weighted by atomic mass is 16.4. The molecule has 1 atom stereocenters. The lowest BCUT2D eigenvalue weighted by Crippen LogP contribution is -2.55. The number of carbonyl (C=O) groups is 2. The van der Waals surface area contributed by atoms with Crippen molar-refractivity contribution in [1.82, 2.24) is 5.32 Å². The Balaban J connectivity index is 0.000000370. The van der Waals surface area contributed by atoms with E-state index in [1.54, 1.807) is 0 Å². The summed E-state index contributed by atoms with van der Waals surface area (Å²) in [5.74, 6) is 2.58. The van der Waals surface area contributed by atoms with E-state index in [4.69, 9.17) is 10.8 Å². The average molecular weight is 533 g/mol. The second kappa shape index (κ2) is 18.1. The Morgan fingerprint density at radius 2 is 1.37 bits per heavy atom. The summed E-state index contributed by atoms with van der Waals surface area (Å²) in [5, 5.41) is 11.8. The van der Waals surface area contributed by atoms with Crippen LogP contribution >= 0.6 is 0 Å². The standard InChI is InChI=1S/C23H43NO3.C10H17N/c1-4-5-6-7-8-9-10-11-12-13-14-15-16-17-22(25)24-21(18-20(2)3)19-23(26)27;11-10-4-7-1-8(5-10)3-9(2-7)6-10/h9-10,20-21H,4-8,11-19H2,1-3H3,(H,24,25)(H,26,27);7-9H,1-6,11H2/t21-;/m1./s1. The van der Waals surface area contributed by atoms with Crippen LogP contribution in [-0.4, -0.2) is 28.6 Å². The smallest absolute Gasteiger partial charge is 0.305 e. The summed E-state index contributed by atoms with van der Waals surface area (Å²) in [4.78, 5) is 22.9. The molecule has 0 saturated heterocycles. The average Bonchev–Trinajstić information content (AvgIpc) is 2.80. The fourth-order valence-electron chi connectivity index (χ4n) is 7.45. The van der Waals surface area contributed by atoms with E-state index in [0.717, 1.165) is 30.6 Å². The highest BCUT2D eigenvalue weighted by Crippen LogP contribution is 2.54. The van der Waals surface area contributed by atoms with Crippen LogP contribution in [0.15, 0.2) is 12.2 Å². The van der Waals surface area contributed by atoms with E-state index in [2.05, 4.69) is 24.4 Å². The first-order chi connectivity index (χ1) is 18.2. The first-order valence-corrected chi connectivity index (χ1v) is 16.1. The van der Waals surface area contributed by atoms with Crippen molar-refractivity contribution in [3.63, 3.8) is 0 Å². The fraction of sp³-hybridized carbons (Fsp3) is 0.879. The van der Waals surface area contributed by atoms with Crippen molar-refractivity contribution in [3.8, 4) is 0 Å². The first-order valence-electron chi connectivity index (χ1n) is 16.1. The van der Waals surface area contributed by atoms with Crippen LogP contribution in [0.4, 0.5) is 0 Å². The van der Waals surface area contributed by atoms with Crippen molar-refractivity contribution in [2.45, 2.75) is 161 Å². The molecule has 0 spiro atoms. The van der Waals surface area contributed by atoms with E-state index in [0.29, 0.717) is 24.3 Å². The van der Waals surface area contributed by atoms with Gasteiger partial charge in [-0.05, 0) is 101 Å². The topological polar surface area (TPSA) is 92.4 Å². The number of allylic oxidation sites excluding steroid dienone is 2. The van der Waals surface area contributed by atoms with Gasteiger partial charge in [-0.15, -0.1) is 0 Å². The molecule has 0 heterocycles. The third-order valence-electron chi connectivity index (χ3n) is 8.79. The molecule has 4 rings (SSSR count). The maximum atomic E-state index is 12.0. The van der Waals surface area contributed by atoms with Gasteiger partial charge in [-0.2, -0.15) is 0 Å². The molecule has 220 valence electrons. The first kappa shape index (κ1) is 32.8. The normalized spacial score (nSPS) is 26.4. The van der Waals surface area contributed by atoms with E-state index in [-0.39, 0.29) is 18.4 Å². The lowest BCUT2D eigenvalue weighted by molar-refractivity contribution is -0.137. The minimum Gasteiger partial charge on any atom is -0.481 e. The Bertz CT molecular complexity index is 667. The molecule has 4 fully saturated rings. The van der Waals surface area contributed by atoms with Gasteiger partial charge in [-0.1, -0.05) is 71.4 Å². The van der Waals surface area contributed by atoms with Gasteiger partial charge < -0.3 is 16.2 Å². The summed E-state index contributed by atoms with van der Waals surface area (Å²) < 4.78 is 0. The number of unbranched alkanes of at least 4 members (excludes halogenated alkanes) is 9. The van der Waals surface area contributed by atoms with Gasteiger partial charge in [0, 0.05) is 18.0 Å². The van der Waals surface area contributed by atoms with Crippen molar-refractivity contribution < 1.29 is 14.7 Å². The van der Waals surface area contributed by atoms with E-state index in [1.807, 2.05) is 13.8 Å². The lowest BCUT2D eigenvalue weighted by atomic mass is 9.53. The van der Waals surface area contributed by atoms with E-state index in [9.17, 15) is 9.59 Å². The minimum atomic E-state index is -0.851. The second-order valence-corrected chi connectivity index (χ2v) is 13.4. The van der Waals surface area contributed by atoms with Crippen LogP contribution in [0, 0.1) is 23.7 Å². The molecule has 4 aliphatic rings. The van der Waals surface area contributed by atoms with Crippen molar-refractivity contribution in [1.29, 1.82) is 0 Å². The van der Waals surface area contributed by atoms with Gasteiger partial charge in [0.25, 0.3) is 0 Å². The molecule has 0 radical (unpaired) electrons. The number of nitrogens with one attached hydrogen (secondary N) is 1. The van der Waals surface area contributed by atoms with Gasteiger partial charge in [0.1, 0.15) is 0 Å². The van der Waals surface area contributed by atoms with Crippen LogP contribution in [-0.2, 0) is 9.59 Å². The number of carboxylic acid groups (broad SMARTS) is 1. The zero-order chi connectivity index (χ0) is 27.8. The van der Waals surface area contributed by atoms with E-state index < -0.39 is 5.97 Å². The van der Waals surface area contributed by atoms with Crippen LogP contribution in [0.3, 0.4) is 0 Å². The SMILES string of the molecule is CCCCCCC=CCCCCCCCC(=O)N[C@@H](CC(=O)O)CC(C)C.NC12CC3CC(CC(C3)C1)C2. The molecular weight excluding hydrogens is 472 g/mol. The molecule has 38 heavy (non-hydrogen) atoms. The third-order valence-corrected chi connectivity index (χ3v) is 8.79. The Kier molecular flexibility index (Phi) is 15.6. The molecule has 0 aromatic rings. The number of rotatable bonds is 18. The zero-order valence-corrected chi connectivity index (χ0v) is 25.0. The van der Waals surface area contributed by atoms with Crippen molar-refractivity contribution in [3.05, 3.63) is 12.2 Å². The van der Waals surface area contributed by atoms with Gasteiger partial charge in [-0.25, -0.2) is 0 Å². The number of hydrogen-bond acceptors (Lipinski definition) is 3. The maximum Gasteiger partial charge on any atom is 0.305 e. The van der Waals surface area contributed by atoms with Gasteiger partial charge in [-0.3, -0.25) is 9.59 Å². The Hall–Kier alpha value is -1.36. The quantitative estimate of drug-likeness (QED) is 0.123. The molecule has 4 bridgehead atoms. The molecule has 0 aliphatic heterocycles. The van der Waals surface area contributed by atoms with Crippen molar-refractivity contribution in [2.24, 2.45) is 29.4 Å². The number of carbonyl (C=O) groups excluding carboxylic acids is 1. The molecule has 0 aromatic carbocycles. The fourth-order valence-corrected chi connectivity index (χ4v) is 7.45. The third kappa shape index (κ3) is 14.1. The molecule has 0 aromatic heterocycles. The molecule has 5 heteroatoms. The molecule has 1 amide bonds. The Morgan fingerprint density at radius 3 is 1.84 bits per heavy atom. The maximum absolute atomic E-state index is 12.0. The predicted molar refractivity (Wildman–Crippen MR) is 159 cm³/mol. The Morgan fingerprint density at radius 1 is 0.868 bits per heavy atom. The van der Waals surface area contributed by atoms with E-state index >= 15 is 0 Å². The number of hydrogen-bond donors (Lipinski definition) is 3. The highest BCUT2D eigenvalue weighted by Gasteiger charge is 2.48.